The molecular formula is C11H20N4O2. The van der Waals surface area contributed by atoms with Gasteiger partial charge >= 0.3 is 6.03 Å². The van der Waals surface area contributed by atoms with Gasteiger partial charge in [0.05, 0.1) is 24.9 Å². The molecular weight excluding hydrogens is 220 g/mol. The molecule has 0 radical (unpaired) electrons. The van der Waals surface area contributed by atoms with Crippen LogP contribution in [0, 0.1) is 5.92 Å². The van der Waals surface area contributed by atoms with Crippen LogP contribution in [0.15, 0.2) is 12.3 Å². The third-order valence-electron chi connectivity index (χ3n) is 2.31. The topological polar surface area (TPSA) is 90.0 Å². The van der Waals surface area contributed by atoms with E-state index in [9.17, 15) is 4.79 Å². The standard InChI is InChI=1S/C11H20N4O2/c1-8(2)5-10(7-16)14-11(17)12-6-9-3-4-13-15-9/h3-4,8,10,16H,5-7H2,1-2H3,(H,13,15)(H2,12,14,17). The largest absolute Gasteiger partial charge is 0.394 e. The van der Waals surface area contributed by atoms with Gasteiger partial charge in [-0.15, -0.1) is 0 Å². The van der Waals surface area contributed by atoms with Gasteiger partial charge < -0.3 is 15.7 Å². The smallest absolute Gasteiger partial charge is 0.315 e. The van der Waals surface area contributed by atoms with Crippen molar-refractivity contribution in [3.05, 3.63) is 18.0 Å². The predicted octanol–water partition coefficient (Wildman–Crippen LogP) is 0.616. The number of aromatic amines is 1. The first-order valence-electron chi connectivity index (χ1n) is 5.75. The summed E-state index contributed by atoms with van der Waals surface area (Å²) in [5.74, 6) is 0.431. The number of aliphatic hydroxyl groups excluding tert-OH is 1. The van der Waals surface area contributed by atoms with Crippen LogP contribution in [0.4, 0.5) is 4.79 Å². The molecule has 0 aliphatic heterocycles. The number of nitrogens with one attached hydrogen (secondary N) is 3. The molecule has 2 amide bonds. The molecule has 0 saturated carbocycles. The van der Waals surface area contributed by atoms with Gasteiger partial charge in [-0.25, -0.2) is 4.79 Å². The highest BCUT2D eigenvalue weighted by Crippen LogP contribution is 2.03. The third-order valence-corrected chi connectivity index (χ3v) is 2.31. The number of aromatic nitrogens is 2. The maximum absolute atomic E-state index is 11.5. The highest BCUT2D eigenvalue weighted by Gasteiger charge is 2.12. The monoisotopic (exact) mass is 240 g/mol. The molecule has 0 aromatic carbocycles. The second kappa shape index (κ2) is 6.90. The molecule has 1 unspecified atom stereocenters. The fourth-order valence-corrected chi connectivity index (χ4v) is 1.54. The quantitative estimate of drug-likeness (QED) is 0.587. The number of aliphatic hydroxyl groups is 1. The van der Waals surface area contributed by atoms with E-state index in [-0.39, 0.29) is 18.7 Å². The van der Waals surface area contributed by atoms with Gasteiger partial charge in [0.2, 0.25) is 0 Å². The van der Waals surface area contributed by atoms with Crippen molar-refractivity contribution in [1.29, 1.82) is 0 Å². The Labute approximate surface area is 101 Å². The summed E-state index contributed by atoms with van der Waals surface area (Å²) in [5, 5.41) is 21.1. The molecule has 4 N–H and O–H groups in total. The Hall–Kier alpha value is -1.56. The highest BCUT2D eigenvalue weighted by atomic mass is 16.3. The first-order valence-corrected chi connectivity index (χ1v) is 5.75. The Kier molecular flexibility index (Phi) is 5.48. The number of amides is 2. The maximum Gasteiger partial charge on any atom is 0.315 e. The second-order valence-electron chi connectivity index (χ2n) is 4.42. The zero-order valence-electron chi connectivity index (χ0n) is 10.2. The summed E-state index contributed by atoms with van der Waals surface area (Å²) in [4.78, 5) is 11.5. The number of carbonyl (C=O) groups excluding carboxylic acids is 1. The van der Waals surface area contributed by atoms with Gasteiger partial charge in [0.1, 0.15) is 0 Å². The lowest BCUT2D eigenvalue weighted by Gasteiger charge is -2.18. The molecule has 1 atom stereocenters. The highest BCUT2D eigenvalue weighted by molar-refractivity contribution is 5.74. The van der Waals surface area contributed by atoms with Gasteiger partial charge in [-0.1, -0.05) is 13.8 Å². The van der Waals surface area contributed by atoms with Crippen LogP contribution in [0.1, 0.15) is 26.0 Å². The van der Waals surface area contributed by atoms with Crippen molar-refractivity contribution < 1.29 is 9.90 Å². The fourth-order valence-electron chi connectivity index (χ4n) is 1.54. The lowest BCUT2D eigenvalue weighted by Crippen LogP contribution is -2.44. The SMILES string of the molecule is CC(C)CC(CO)NC(=O)NCc1ccn[nH]1. The van der Waals surface area contributed by atoms with Gasteiger partial charge in [0.25, 0.3) is 0 Å². The van der Waals surface area contributed by atoms with Crippen LogP contribution in [-0.4, -0.2) is 34.0 Å². The Morgan fingerprint density at radius 3 is 2.88 bits per heavy atom. The molecule has 1 aromatic rings. The Balaban J connectivity index is 2.27. The molecule has 1 heterocycles. The normalized spacial score (nSPS) is 12.5. The van der Waals surface area contributed by atoms with Crippen LogP contribution >= 0.6 is 0 Å². The maximum atomic E-state index is 11.5. The van der Waals surface area contributed by atoms with Gasteiger partial charge in [0, 0.05) is 6.20 Å². The summed E-state index contributed by atoms with van der Waals surface area (Å²) in [6.45, 7) is 4.45. The molecule has 17 heavy (non-hydrogen) atoms. The number of urea groups is 1. The van der Waals surface area contributed by atoms with E-state index < -0.39 is 0 Å². The summed E-state index contributed by atoms with van der Waals surface area (Å²) in [7, 11) is 0. The van der Waals surface area contributed by atoms with E-state index in [0.29, 0.717) is 12.5 Å². The molecule has 0 aliphatic carbocycles. The molecule has 1 rings (SSSR count). The van der Waals surface area contributed by atoms with Crippen LogP contribution in [0.3, 0.4) is 0 Å². The van der Waals surface area contributed by atoms with Crippen LogP contribution in [0.5, 0.6) is 0 Å². The van der Waals surface area contributed by atoms with Crippen molar-refractivity contribution in [2.24, 2.45) is 5.92 Å². The van der Waals surface area contributed by atoms with E-state index in [1.54, 1.807) is 12.3 Å². The van der Waals surface area contributed by atoms with Crippen molar-refractivity contribution in [2.75, 3.05) is 6.61 Å². The number of H-pyrrole nitrogens is 1. The fraction of sp³-hybridized carbons (Fsp3) is 0.636. The number of hydrogen-bond acceptors (Lipinski definition) is 3. The molecule has 0 fully saturated rings. The lowest BCUT2D eigenvalue weighted by molar-refractivity contribution is 0.206. The molecule has 6 heteroatoms. The number of rotatable bonds is 6. The molecule has 1 aromatic heterocycles. The Morgan fingerprint density at radius 1 is 1.59 bits per heavy atom. The first kappa shape index (κ1) is 13.5. The predicted molar refractivity (Wildman–Crippen MR) is 64.3 cm³/mol. The van der Waals surface area contributed by atoms with E-state index in [1.807, 2.05) is 13.8 Å². The van der Waals surface area contributed by atoms with Crippen LogP contribution in [-0.2, 0) is 6.54 Å². The second-order valence-corrected chi connectivity index (χ2v) is 4.42. The molecule has 0 spiro atoms. The van der Waals surface area contributed by atoms with E-state index in [2.05, 4.69) is 20.8 Å². The van der Waals surface area contributed by atoms with Gasteiger partial charge in [-0.05, 0) is 18.4 Å². The molecule has 0 aliphatic rings. The molecule has 6 nitrogen and oxygen atoms in total. The van der Waals surface area contributed by atoms with Crippen molar-refractivity contribution in [2.45, 2.75) is 32.9 Å². The summed E-state index contributed by atoms with van der Waals surface area (Å²) < 4.78 is 0. The van der Waals surface area contributed by atoms with Gasteiger partial charge in [0.15, 0.2) is 0 Å². The van der Waals surface area contributed by atoms with Crippen molar-refractivity contribution in [3.8, 4) is 0 Å². The van der Waals surface area contributed by atoms with Crippen LogP contribution < -0.4 is 10.6 Å². The minimum atomic E-state index is -0.278. The van der Waals surface area contributed by atoms with Crippen molar-refractivity contribution >= 4 is 6.03 Å². The lowest BCUT2D eigenvalue weighted by atomic mass is 10.0. The van der Waals surface area contributed by atoms with Crippen LogP contribution in [0.2, 0.25) is 0 Å². The summed E-state index contributed by atoms with van der Waals surface area (Å²) >= 11 is 0. The van der Waals surface area contributed by atoms with E-state index in [1.165, 1.54) is 0 Å². The summed E-state index contributed by atoms with van der Waals surface area (Å²) in [6.07, 6.45) is 2.39. The van der Waals surface area contributed by atoms with E-state index in [4.69, 9.17) is 5.11 Å². The van der Waals surface area contributed by atoms with Crippen molar-refractivity contribution in [1.82, 2.24) is 20.8 Å². The zero-order valence-corrected chi connectivity index (χ0v) is 10.2. The number of hydrogen-bond donors (Lipinski definition) is 4. The molecule has 0 saturated heterocycles. The average molecular weight is 240 g/mol. The summed E-state index contributed by atoms with van der Waals surface area (Å²) in [6, 6.07) is 1.31. The first-order chi connectivity index (χ1) is 8.11. The molecule has 96 valence electrons. The Morgan fingerprint density at radius 2 is 2.35 bits per heavy atom. The van der Waals surface area contributed by atoms with Gasteiger partial charge in [-0.2, -0.15) is 5.10 Å². The minimum absolute atomic E-state index is 0.0460. The van der Waals surface area contributed by atoms with Crippen molar-refractivity contribution in [3.63, 3.8) is 0 Å². The summed E-state index contributed by atoms with van der Waals surface area (Å²) in [5.41, 5.74) is 0.838. The van der Waals surface area contributed by atoms with E-state index in [0.717, 1.165) is 12.1 Å². The minimum Gasteiger partial charge on any atom is -0.394 e. The third kappa shape index (κ3) is 5.35. The molecule has 0 bridgehead atoms. The average Bonchev–Trinajstić information content (AvgIpc) is 2.77. The van der Waals surface area contributed by atoms with E-state index >= 15 is 0 Å². The zero-order chi connectivity index (χ0) is 12.7. The van der Waals surface area contributed by atoms with Gasteiger partial charge in [-0.3, -0.25) is 5.10 Å². The number of nitrogens with zero attached hydrogens (tertiary/aromatic N) is 1. The Bertz CT molecular complexity index is 324. The van der Waals surface area contributed by atoms with Crippen LogP contribution in [0.25, 0.3) is 0 Å². The number of carbonyl (C=O) groups is 1.